The molecule has 5 heteroatoms. The van der Waals surface area contributed by atoms with E-state index in [4.69, 9.17) is 5.73 Å². The Kier molecular flexibility index (Phi) is 4.88. The van der Waals surface area contributed by atoms with Gasteiger partial charge in [0.15, 0.2) is 0 Å². The monoisotopic (exact) mass is 212 g/mol. The molecule has 0 aliphatic carbocycles. The third-order valence-corrected chi connectivity index (χ3v) is 2.70. The molecule has 2 atom stereocenters. The molecule has 0 rings (SSSR count). The second kappa shape index (κ2) is 4.98. The van der Waals surface area contributed by atoms with Gasteiger partial charge in [0.25, 0.3) is 0 Å². The van der Waals surface area contributed by atoms with E-state index in [0.717, 1.165) is 0 Å². The minimum atomic E-state index is -4.24. The third-order valence-electron chi connectivity index (χ3n) is 2.70. The van der Waals surface area contributed by atoms with Crippen LogP contribution in [-0.4, -0.2) is 36.8 Å². The fourth-order valence-corrected chi connectivity index (χ4v) is 1.28. The van der Waals surface area contributed by atoms with E-state index in [-0.39, 0.29) is 12.0 Å². The first-order valence-corrected chi connectivity index (χ1v) is 4.70. The van der Waals surface area contributed by atoms with Gasteiger partial charge >= 0.3 is 6.18 Å². The molecule has 0 aliphatic rings. The number of halogens is 3. The number of hydrogen-bond acceptors (Lipinski definition) is 2. The van der Waals surface area contributed by atoms with Crippen molar-refractivity contribution in [1.82, 2.24) is 4.90 Å². The van der Waals surface area contributed by atoms with Crippen molar-refractivity contribution in [3.05, 3.63) is 0 Å². The van der Waals surface area contributed by atoms with E-state index in [9.17, 15) is 13.2 Å². The first-order valence-electron chi connectivity index (χ1n) is 4.70. The summed E-state index contributed by atoms with van der Waals surface area (Å²) in [4.78, 5) is 1.30. The zero-order valence-electron chi connectivity index (χ0n) is 9.10. The van der Waals surface area contributed by atoms with Gasteiger partial charge in [-0.05, 0) is 19.9 Å². The second-order valence-corrected chi connectivity index (χ2v) is 3.94. The average molecular weight is 212 g/mol. The minimum Gasteiger partial charge on any atom is -0.329 e. The lowest BCUT2D eigenvalue weighted by molar-refractivity contribution is -0.183. The van der Waals surface area contributed by atoms with E-state index in [1.807, 2.05) is 13.8 Å². The molecular weight excluding hydrogens is 193 g/mol. The quantitative estimate of drug-likeness (QED) is 0.770. The maximum absolute atomic E-state index is 12.5. The molecule has 0 heterocycles. The summed E-state index contributed by atoms with van der Waals surface area (Å²) in [6.07, 6.45) is -4.24. The number of nitrogens with zero attached hydrogens (tertiary/aromatic N) is 1. The van der Waals surface area contributed by atoms with Gasteiger partial charge in [0, 0.05) is 12.6 Å². The van der Waals surface area contributed by atoms with Crippen molar-refractivity contribution in [3.63, 3.8) is 0 Å². The fraction of sp³-hybridized carbons (Fsp3) is 1.00. The van der Waals surface area contributed by atoms with Crippen molar-refractivity contribution in [1.29, 1.82) is 0 Å². The van der Waals surface area contributed by atoms with Crippen LogP contribution in [-0.2, 0) is 0 Å². The molecule has 0 amide bonds. The summed E-state index contributed by atoms with van der Waals surface area (Å²) in [5, 5.41) is 0. The van der Waals surface area contributed by atoms with Crippen LogP contribution in [0.5, 0.6) is 0 Å². The SMILES string of the molecule is CC(C)C(C)N(C)C(CN)C(F)(F)F. The molecule has 2 N–H and O–H groups in total. The molecule has 2 nitrogen and oxygen atoms in total. The average Bonchev–Trinajstić information content (AvgIpc) is 2.01. The Balaban J connectivity index is 4.54. The second-order valence-electron chi connectivity index (χ2n) is 3.94. The number of hydrogen-bond donors (Lipinski definition) is 1. The lowest BCUT2D eigenvalue weighted by atomic mass is 10.0. The summed E-state index contributed by atoms with van der Waals surface area (Å²) in [7, 11) is 1.47. The van der Waals surface area contributed by atoms with Crippen LogP contribution in [0.2, 0.25) is 0 Å². The van der Waals surface area contributed by atoms with Crippen molar-refractivity contribution in [2.45, 2.75) is 39.0 Å². The van der Waals surface area contributed by atoms with Gasteiger partial charge in [-0.3, -0.25) is 4.90 Å². The summed E-state index contributed by atoms with van der Waals surface area (Å²) in [6.45, 7) is 5.17. The number of nitrogens with two attached hydrogens (primary N) is 1. The van der Waals surface area contributed by atoms with E-state index >= 15 is 0 Å². The lowest BCUT2D eigenvalue weighted by Gasteiger charge is -2.35. The van der Waals surface area contributed by atoms with Gasteiger partial charge < -0.3 is 5.73 Å². The zero-order valence-corrected chi connectivity index (χ0v) is 9.10. The topological polar surface area (TPSA) is 29.3 Å². The first kappa shape index (κ1) is 13.7. The minimum absolute atomic E-state index is 0.134. The van der Waals surface area contributed by atoms with Crippen molar-refractivity contribution in [2.75, 3.05) is 13.6 Å². The molecule has 0 aromatic carbocycles. The molecule has 0 radical (unpaired) electrons. The smallest absolute Gasteiger partial charge is 0.329 e. The van der Waals surface area contributed by atoms with Crippen LogP contribution < -0.4 is 5.73 Å². The van der Waals surface area contributed by atoms with Crippen LogP contribution in [0.1, 0.15) is 20.8 Å². The van der Waals surface area contributed by atoms with E-state index < -0.39 is 18.8 Å². The van der Waals surface area contributed by atoms with E-state index in [2.05, 4.69) is 0 Å². The van der Waals surface area contributed by atoms with Crippen molar-refractivity contribution >= 4 is 0 Å². The Bertz CT molecular complexity index is 168. The fourth-order valence-electron chi connectivity index (χ4n) is 1.28. The molecule has 0 aliphatic heterocycles. The van der Waals surface area contributed by atoms with Crippen LogP contribution in [0.3, 0.4) is 0 Å². The van der Waals surface area contributed by atoms with Gasteiger partial charge in [-0.25, -0.2) is 0 Å². The highest BCUT2D eigenvalue weighted by atomic mass is 19.4. The maximum atomic E-state index is 12.5. The highest BCUT2D eigenvalue weighted by Crippen LogP contribution is 2.25. The zero-order chi connectivity index (χ0) is 11.5. The standard InChI is InChI=1S/C9H19F3N2/c1-6(2)7(3)14(4)8(5-13)9(10,11)12/h6-8H,5,13H2,1-4H3. The summed E-state index contributed by atoms with van der Waals surface area (Å²) in [5.74, 6) is 0.177. The summed E-state index contributed by atoms with van der Waals surface area (Å²) >= 11 is 0. The van der Waals surface area contributed by atoms with Crippen LogP contribution >= 0.6 is 0 Å². The van der Waals surface area contributed by atoms with Crippen LogP contribution in [0.25, 0.3) is 0 Å². The molecule has 0 aromatic rings. The Labute approximate surface area is 83.3 Å². The van der Waals surface area contributed by atoms with Crippen LogP contribution in [0.4, 0.5) is 13.2 Å². The van der Waals surface area contributed by atoms with Gasteiger partial charge in [0.1, 0.15) is 6.04 Å². The van der Waals surface area contributed by atoms with E-state index in [0.29, 0.717) is 0 Å². The van der Waals surface area contributed by atoms with Gasteiger partial charge in [0.05, 0.1) is 0 Å². The Morgan fingerprint density at radius 2 is 1.64 bits per heavy atom. The molecule has 0 bridgehead atoms. The number of likely N-dealkylation sites (N-methyl/N-ethyl adjacent to an activating group) is 1. The highest BCUT2D eigenvalue weighted by Gasteiger charge is 2.42. The molecule has 0 saturated carbocycles. The Hall–Kier alpha value is -0.290. The van der Waals surface area contributed by atoms with E-state index in [1.54, 1.807) is 6.92 Å². The van der Waals surface area contributed by atoms with Crippen molar-refractivity contribution < 1.29 is 13.2 Å². The summed E-state index contributed by atoms with van der Waals surface area (Å²) in [6, 6.07) is -1.68. The Morgan fingerprint density at radius 3 is 1.86 bits per heavy atom. The largest absolute Gasteiger partial charge is 0.405 e. The molecular formula is C9H19F3N2. The van der Waals surface area contributed by atoms with Crippen molar-refractivity contribution in [2.24, 2.45) is 11.7 Å². The Morgan fingerprint density at radius 1 is 1.21 bits per heavy atom. The maximum Gasteiger partial charge on any atom is 0.405 e. The van der Waals surface area contributed by atoms with Gasteiger partial charge in [-0.1, -0.05) is 13.8 Å². The molecule has 0 saturated heterocycles. The van der Waals surface area contributed by atoms with Crippen LogP contribution in [0.15, 0.2) is 0 Å². The molecule has 86 valence electrons. The molecule has 2 unspecified atom stereocenters. The highest BCUT2D eigenvalue weighted by molar-refractivity contribution is 4.81. The van der Waals surface area contributed by atoms with Crippen LogP contribution in [0, 0.1) is 5.92 Å². The van der Waals surface area contributed by atoms with Gasteiger partial charge in [-0.2, -0.15) is 13.2 Å². The number of alkyl halides is 3. The molecule has 0 aromatic heterocycles. The molecule has 0 fully saturated rings. The number of rotatable bonds is 4. The van der Waals surface area contributed by atoms with Gasteiger partial charge in [0.2, 0.25) is 0 Å². The third kappa shape index (κ3) is 3.46. The summed E-state index contributed by atoms with van der Waals surface area (Å²) in [5.41, 5.74) is 5.14. The van der Waals surface area contributed by atoms with Crippen molar-refractivity contribution in [3.8, 4) is 0 Å². The molecule has 14 heavy (non-hydrogen) atoms. The normalized spacial score (nSPS) is 17.6. The van der Waals surface area contributed by atoms with E-state index in [1.165, 1.54) is 11.9 Å². The van der Waals surface area contributed by atoms with Gasteiger partial charge in [-0.15, -0.1) is 0 Å². The lowest BCUT2D eigenvalue weighted by Crippen LogP contribution is -2.52. The molecule has 0 spiro atoms. The summed E-state index contributed by atoms with van der Waals surface area (Å²) < 4.78 is 37.4. The predicted molar refractivity (Wildman–Crippen MR) is 51.0 cm³/mol. The predicted octanol–water partition coefficient (Wildman–Crippen LogP) is 1.85. The first-order chi connectivity index (χ1) is 6.21.